The molecule has 0 spiro atoms. The second kappa shape index (κ2) is 6.22. The van der Waals surface area contributed by atoms with E-state index in [1.807, 2.05) is 0 Å². The number of nitrogens with two attached hydrogens (primary N) is 1. The van der Waals surface area contributed by atoms with E-state index >= 15 is 0 Å². The van der Waals surface area contributed by atoms with E-state index in [0.717, 1.165) is 26.1 Å². The van der Waals surface area contributed by atoms with Gasteiger partial charge in [-0.15, -0.1) is 0 Å². The van der Waals surface area contributed by atoms with Gasteiger partial charge in [-0.05, 0) is 33.0 Å². The van der Waals surface area contributed by atoms with Crippen molar-refractivity contribution in [1.29, 1.82) is 0 Å². The Hall–Kier alpha value is -1.95. The van der Waals surface area contributed by atoms with Crippen LogP contribution >= 0.6 is 0 Å². The number of hydrogen-bond acceptors (Lipinski definition) is 5. The van der Waals surface area contributed by atoms with Crippen molar-refractivity contribution < 1.29 is 9.59 Å². The molecule has 2 rings (SSSR count). The molecule has 0 aliphatic carbocycles. The van der Waals surface area contributed by atoms with E-state index in [2.05, 4.69) is 23.7 Å². The molecule has 0 unspecified atom stereocenters. The summed E-state index contributed by atoms with van der Waals surface area (Å²) in [5.41, 5.74) is 7.44. The third-order valence-electron chi connectivity index (χ3n) is 4.00. The fourth-order valence-corrected chi connectivity index (χ4v) is 2.58. The molecule has 0 saturated heterocycles. The third-order valence-corrected chi connectivity index (χ3v) is 4.00. The molecular weight excluding hydrogens is 268 g/mol. The Morgan fingerprint density at radius 1 is 1.24 bits per heavy atom. The van der Waals surface area contributed by atoms with E-state index < -0.39 is 0 Å². The molecule has 1 aliphatic heterocycles. The Bertz CT molecular complexity index is 567. The number of imide groups is 1. The normalized spacial score (nSPS) is 14.2. The molecule has 2 heterocycles. The van der Waals surface area contributed by atoms with Crippen LogP contribution in [0.3, 0.4) is 0 Å². The highest BCUT2D eigenvalue weighted by Crippen LogP contribution is 2.28. The van der Waals surface area contributed by atoms with Crippen LogP contribution in [0.1, 0.15) is 46.7 Å². The zero-order chi connectivity index (χ0) is 15.6. The summed E-state index contributed by atoms with van der Waals surface area (Å²) in [5, 5.41) is 0. The molecule has 0 fully saturated rings. The van der Waals surface area contributed by atoms with Gasteiger partial charge in [0.15, 0.2) is 0 Å². The molecule has 0 radical (unpaired) electrons. The van der Waals surface area contributed by atoms with Crippen molar-refractivity contribution in [2.45, 2.75) is 27.2 Å². The number of rotatable bonds is 6. The van der Waals surface area contributed by atoms with Crippen LogP contribution in [-0.4, -0.2) is 52.8 Å². The Morgan fingerprint density at radius 3 is 2.52 bits per heavy atom. The van der Waals surface area contributed by atoms with Crippen molar-refractivity contribution >= 4 is 17.5 Å². The monoisotopic (exact) mass is 290 g/mol. The predicted molar refractivity (Wildman–Crippen MR) is 81.2 cm³/mol. The van der Waals surface area contributed by atoms with Gasteiger partial charge in [-0.2, -0.15) is 0 Å². The summed E-state index contributed by atoms with van der Waals surface area (Å²) >= 11 is 0. The molecule has 0 saturated carbocycles. The molecule has 0 bridgehead atoms. The largest absolute Gasteiger partial charge is 0.397 e. The number of anilines is 1. The third kappa shape index (κ3) is 2.76. The van der Waals surface area contributed by atoms with Crippen molar-refractivity contribution in [2.24, 2.45) is 0 Å². The second-order valence-electron chi connectivity index (χ2n) is 5.19. The fraction of sp³-hybridized carbons (Fsp3) is 0.533. The minimum atomic E-state index is -0.294. The van der Waals surface area contributed by atoms with E-state index in [1.54, 1.807) is 6.92 Å². The minimum Gasteiger partial charge on any atom is -0.397 e. The van der Waals surface area contributed by atoms with Crippen molar-refractivity contribution in [1.82, 2.24) is 14.8 Å². The Morgan fingerprint density at radius 2 is 1.90 bits per heavy atom. The smallest absolute Gasteiger partial charge is 0.263 e. The number of fused-ring (bicyclic) bond motifs is 1. The number of amides is 2. The summed E-state index contributed by atoms with van der Waals surface area (Å²) in [6, 6.07) is 0. The number of carbonyl (C=O) groups excluding carboxylic acids is 2. The van der Waals surface area contributed by atoms with Gasteiger partial charge in [0.1, 0.15) is 0 Å². The molecular formula is C15H22N4O2. The van der Waals surface area contributed by atoms with Gasteiger partial charge in [-0.1, -0.05) is 13.8 Å². The first-order chi connectivity index (χ1) is 10.0. The average molecular weight is 290 g/mol. The summed E-state index contributed by atoms with van der Waals surface area (Å²) in [6.07, 6.45) is 2.21. The lowest BCUT2D eigenvalue weighted by Gasteiger charge is -2.20. The molecule has 1 aliphatic rings. The van der Waals surface area contributed by atoms with Crippen LogP contribution in [0.25, 0.3) is 0 Å². The van der Waals surface area contributed by atoms with E-state index in [-0.39, 0.29) is 11.8 Å². The van der Waals surface area contributed by atoms with Crippen LogP contribution < -0.4 is 5.73 Å². The Kier molecular flexibility index (Phi) is 4.57. The molecule has 2 amide bonds. The Balaban J connectivity index is 2.10. The standard InChI is InChI=1S/C15H22N4O2/c1-4-18(5-2)7-6-8-19-14(20)11-9-17-10(3)13(16)12(11)15(19)21/h9H,4-8,16H2,1-3H3. The van der Waals surface area contributed by atoms with E-state index in [1.165, 1.54) is 11.1 Å². The van der Waals surface area contributed by atoms with Crippen LogP contribution in [-0.2, 0) is 0 Å². The first-order valence-electron chi connectivity index (χ1n) is 7.34. The minimum absolute atomic E-state index is 0.284. The van der Waals surface area contributed by atoms with Crippen LogP contribution in [0, 0.1) is 6.92 Å². The summed E-state index contributed by atoms with van der Waals surface area (Å²) in [6.45, 7) is 9.15. The van der Waals surface area contributed by atoms with Crippen molar-refractivity contribution in [3.05, 3.63) is 23.0 Å². The highest BCUT2D eigenvalue weighted by atomic mass is 16.2. The molecule has 0 atom stereocenters. The van der Waals surface area contributed by atoms with E-state index in [0.29, 0.717) is 29.1 Å². The zero-order valence-electron chi connectivity index (χ0n) is 12.8. The maximum Gasteiger partial charge on any atom is 0.263 e. The van der Waals surface area contributed by atoms with Gasteiger partial charge in [0, 0.05) is 12.7 Å². The number of pyridine rings is 1. The zero-order valence-corrected chi connectivity index (χ0v) is 12.8. The predicted octanol–water partition coefficient (Wildman–Crippen LogP) is 1.30. The quantitative estimate of drug-likeness (QED) is 0.799. The van der Waals surface area contributed by atoms with Crippen LogP contribution in [0.2, 0.25) is 0 Å². The van der Waals surface area contributed by atoms with Crippen molar-refractivity contribution in [3.63, 3.8) is 0 Å². The highest BCUT2D eigenvalue weighted by Gasteiger charge is 2.37. The number of aryl methyl sites for hydroxylation is 1. The van der Waals surface area contributed by atoms with Gasteiger partial charge >= 0.3 is 0 Å². The topological polar surface area (TPSA) is 79.5 Å². The lowest BCUT2D eigenvalue weighted by molar-refractivity contribution is 0.0648. The highest BCUT2D eigenvalue weighted by molar-refractivity contribution is 6.23. The van der Waals surface area contributed by atoms with E-state index in [9.17, 15) is 9.59 Å². The van der Waals surface area contributed by atoms with Gasteiger partial charge in [-0.25, -0.2) is 0 Å². The lowest BCUT2D eigenvalue weighted by atomic mass is 10.1. The van der Waals surface area contributed by atoms with Crippen LogP contribution in [0.15, 0.2) is 6.20 Å². The van der Waals surface area contributed by atoms with Crippen molar-refractivity contribution in [3.8, 4) is 0 Å². The van der Waals surface area contributed by atoms with E-state index in [4.69, 9.17) is 5.73 Å². The first-order valence-corrected chi connectivity index (χ1v) is 7.34. The maximum absolute atomic E-state index is 12.4. The lowest BCUT2D eigenvalue weighted by Crippen LogP contribution is -2.33. The van der Waals surface area contributed by atoms with Crippen molar-refractivity contribution in [2.75, 3.05) is 31.9 Å². The molecule has 1 aromatic rings. The van der Waals surface area contributed by atoms with Gasteiger partial charge < -0.3 is 10.6 Å². The van der Waals surface area contributed by atoms with Gasteiger partial charge in [0.05, 0.1) is 22.5 Å². The van der Waals surface area contributed by atoms with Crippen LogP contribution in [0.4, 0.5) is 5.69 Å². The summed E-state index contributed by atoms with van der Waals surface area (Å²) in [4.78, 5) is 32.3. The fourth-order valence-electron chi connectivity index (χ4n) is 2.58. The summed E-state index contributed by atoms with van der Waals surface area (Å²) in [7, 11) is 0. The maximum atomic E-state index is 12.4. The van der Waals surface area contributed by atoms with Gasteiger partial charge in [0.25, 0.3) is 11.8 Å². The molecule has 114 valence electrons. The molecule has 6 nitrogen and oxygen atoms in total. The molecule has 21 heavy (non-hydrogen) atoms. The average Bonchev–Trinajstić information content (AvgIpc) is 2.72. The summed E-state index contributed by atoms with van der Waals surface area (Å²) < 4.78 is 0. The molecule has 1 aromatic heterocycles. The number of aromatic nitrogens is 1. The van der Waals surface area contributed by atoms with Gasteiger partial charge in [-0.3, -0.25) is 19.5 Å². The molecule has 2 N–H and O–H groups in total. The number of carbonyl (C=O) groups is 2. The molecule has 0 aromatic carbocycles. The van der Waals surface area contributed by atoms with Crippen LogP contribution in [0.5, 0.6) is 0 Å². The van der Waals surface area contributed by atoms with Gasteiger partial charge in [0.2, 0.25) is 0 Å². The number of hydrogen-bond donors (Lipinski definition) is 1. The molecule has 6 heteroatoms. The Labute approximate surface area is 124 Å². The second-order valence-corrected chi connectivity index (χ2v) is 5.19. The SMILES string of the molecule is CCN(CC)CCCN1C(=O)c2cnc(C)c(N)c2C1=O. The summed E-state index contributed by atoms with van der Waals surface area (Å²) in [5.74, 6) is -0.578. The first kappa shape index (κ1) is 15.4. The number of nitrogen functional groups attached to an aromatic ring is 1. The number of nitrogens with zero attached hydrogens (tertiary/aromatic N) is 3.